The van der Waals surface area contributed by atoms with Crippen LogP contribution < -0.4 is 10.6 Å². The molecule has 0 amide bonds. The van der Waals surface area contributed by atoms with Gasteiger partial charge in [0.05, 0.1) is 0 Å². The first-order valence-electron chi connectivity index (χ1n) is 8.37. The van der Waals surface area contributed by atoms with Crippen LogP contribution in [0.4, 0.5) is 5.82 Å². The molecule has 1 aliphatic heterocycles. The minimum Gasteiger partial charge on any atom is -0.369 e. The quantitative estimate of drug-likeness (QED) is 0.758. The zero-order valence-corrected chi connectivity index (χ0v) is 13.6. The summed E-state index contributed by atoms with van der Waals surface area (Å²) in [5.74, 6) is 1.000. The first-order chi connectivity index (χ1) is 10.3. The van der Waals surface area contributed by atoms with Crippen molar-refractivity contribution in [3.8, 4) is 0 Å². The Labute approximate surface area is 129 Å². The van der Waals surface area contributed by atoms with Crippen LogP contribution in [0.2, 0.25) is 0 Å². The van der Waals surface area contributed by atoms with Gasteiger partial charge in [-0.15, -0.1) is 0 Å². The average molecular weight is 290 g/mol. The van der Waals surface area contributed by atoms with Gasteiger partial charge in [-0.1, -0.05) is 18.9 Å². The highest BCUT2D eigenvalue weighted by Crippen LogP contribution is 2.10. The Morgan fingerprint density at radius 1 is 1.19 bits per heavy atom. The topological polar surface area (TPSA) is 40.2 Å². The van der Waals surface area contributed by atoms with E-state index in [9.17, 15) is 0 Å². The van der Waals surface area contributed by atoms with Crippen LogP contribution >= 0.6 is 0 Å². The Kier molecular flexibility index (Phi) is 6.96. The minimum absolute atomic E-state index is 0.551. The summed E-state index contributed by atoms with van der Waals surface area (Å²) in [4.78, 5) is 6.96. The van der Waals surface area contributed by atoms with Gasteiger partial charge < -0.3 is 15.5 Å². The highest BCUT2D eigenvalue weighted by atomic mass is 15.1. The van der Waals surface area contributed by atoms with Crippen LogP contribution in [0.25, 0.3) is 0 Å². The van der Waals surface area contributed by atoms with Gasteiger partial charge in [0.2, 0.25) is 0 Å². The lowest BCUT2D eigenvalue weighted by Gasteiger charge is -2.24. The van der Waals surface area contributed by atoms with Crippen molar-refractivity contribution in [3.63, 3.8) is 0 Å². The Hall–Kier alpha value is -1.13. The molecule has 1 aliphatic rings. The number of pyridine rings is 1. The summed E-state index contributed by atoms with van der Waals surface area (Å²) in [5, 5.41) is 7.00. The summed E-state index contributed by atoms with van der Waals surface area (Å²) in [6, 6.07) is 4.61. The number of anilines is 1. The van der Waals surface area contributed by atoms with Crippen LogP contribution in [-0.2, 0) is 0 Å². The van der Waals surface area contributed by atoms with Crippen molar-refractivity contribution in [1.29, 1.82) is 0 Å². The molecule has 0 spiro atoms. The van der Waals surface area contributed by atoms with Crippen LogP contribution in [-0.4, -0.2) is 48.6 Å². The molecule has 0 aromatic carbocycles. The van der Waals surface area contributed by atoms with Crippen molar-refractivity contribution in [3.05, 3.63) is 23.9 Å². The lowest BCUT2D eigenvalue weighted by atomic mass is 10.2. The van der Waals surface area contributed by atoms with Gasteiger partial charge in [-0.2, -0.15) is 0 Å². The highest BCUT2D eigenvalue weighted by molar-refractivity contribution is 5.42. The number of hydrogen-bond donors (Lipinski definition) is 2. The van der Waals surface area contributed by atoms with Crippen LogP contribution in [0.5, 0.6) is 0 Å². The summed E-state index contributed by atoms with van der Waals surface area (Å²) in [6.07, 6.45) is 7.39. The van der Waals surface area contributed by atoms with Crippen molar-refractivity contribution < 1.29 is 0 Å². The molecule has 21 heavy (non-hydrogen) atoms. The highest BCUT2D eigenvalue weighted by Gasteiger charge is 2.11. The van der Waals surface area contributed by atoms with Crippen molar-refractivity contribution in [1.82, 2.24) is 15.2 Å². The van der Waals surface area contributed by atoms with E-state index in [0.29, 0.717) is 6.04 Å². The smallest absolute Gasteiger partial charge is 0.128 e. The SMILES string of the molecule is Cc1cccnc1NCCNC(C)CN1CCCCCC1. The molecule has 1 unspecified atom stereocenters. The lowest BCUT2D eigenvalue weighted by molar-refractivity contribution is 0.257. The summed E-state index contributed by atoms with van der Waals surface area (Å²) < 4.78 is 0. The third kappa shape index (κ3) is 6.02. The van der Waals surface area contributed by atoms with Crippen LogP contribution in [0.3, 0.4) is 0 Å². The Morgan fingerprint density at radius 2 is 1.95 bits per heavy atom. The van der Waals surface area contributed by atoms with E-state index in [1.54, 1.807) is 0 Å². The average Bonchev–Trinajstić information content (AvgIpc) is 2.74. The summed E-state index contributed by atoms with van der Waals surface area (Å²) >= 11 is 0. The van der Waals surface area contributed by atoms with E-state index in [1.807, 2.05) is 12.3 Å². The molecule has 2 N–H and O–H groups in total. The van der Waals surface area contributed by atoms with Gasteiger partial charge in [-0.3, -0.25) is 0 Å². The molecule has 1 atom stereocenters. The van der Waals surface area contributed by atoms with E-state index < -0.39 is 0 Å². The fraction of sp³-hybridized carbons (Fsp3) is 0.706. The predicted molar refractivity (Wildman–Crippen MR) is 89.8 cm³/mol. The lowest BCUT2D eigenvalue weighted by Crippen LogP contribution is -2.41. The van der Waals surface area contributed by atoms with E-state index in [1.165, 1.54) is 50.9 Å². The number of aromatic nitrogens is 1. The van der Waals surface area contributed by atoms with Gasteiger partial charge in [0.15, 0.2) is 0 Å². The first-order valence-corrected chi connectivity index (χ1v) is 8.37. The molecular formula is C17H30N4. The summed E-state index contributed by atoms with van der Waals surface area (Å²) in [6.45, 7) is 9.99. The fourth-order valence-corrected chi connectivity index (χ4v) is 2.94. The largest absolute Gasteiger partial charge is 0.369 e. The maximum atomic E-state index is 4.35. The molecule has 118 valence electrons. The summed E-state index contributed by atoms with van der Waals surface area (Å²) in [7, 11) is 0. The standard InChI is InChI=1S/C17H30N4/c1-15-8-7-9-19-17(15)20-11-10-18-16(2)14-21-12-5-3-4-6-13-21/h7-9,16,18H,3-6,10-14H2,1-2H3,(H,19,20). The second-order valence-electron chi connectivity index (χ2n) is 6.17. The van der Waals surface area contributed by atoms with Gasteiger partial charge in [0.25, 0.3) is 0 Å². The van der Waals surface area contributed by atoms with E-state index in [-0.39, 0.29) is 0 Å². The molecule has 1 aromatic rings. The van der Waals surface area contributed by atoms with E-state index >= 15 is 0 Å². The second kappa shape index (κ2) is 9.00. The third-order valence-corrected chi connectivity index (χ3v) is 4.15. The number of likely N-dealkylation sites (tertiary alicyclic amines) is 1. The minimum atomic E-state index is 0.551. The number of hydrogen-bond acceptors (Lipinski definition) is 4. The zero-order chi connectivity index (χ0) is 14.9. The number of nitrogens with one attached hydrogen (secondary N) is 2. The number of rotatable bonds is 7. The van der Waals surface area contributed by atoms with Crippen molar-refractivity contribution in [2.45, 2.75) is 45.6 Å². The molecule has 0 radical (unpaired) electrons. The number of aryl methyl sites for hydroxylation is 1. The third-order valence-electron chi connectivity index (χ3n) is 4.15. The van der Waals surface area contributed by atoms with Crippen LogP contribution in [0, 0.1) is 6.92 Å². The maximum Gasteiger partial charge on any atom is 0.128 e. The van der Waals surface area contributed by atoms with Gasteiger partial charge in [0.1, 0.15) is 5.82 Å². The molecule has 4 nitrogen and oxygen atoms in total. The Morgan fingerprint density at radius 3 is 2.67 bits per heavy atom. The molecule has 1 fully saturated rings. The first kappa shape index (κ1) is 16.2. The summed E-state index contributed by atoms with van der Waals surface area (Å²) in [5.41, 5.74) is 1.20. The molecule has 1 saturated heterocycles. The molecule has 2 heterocycles. The predicted octanol–water partition coefficient (Wildman–Crippen LogP) is 2.66. The molecular weight excluding hydrogens is 260 g/mol. The van der Waals surface area contributed by atoms with E-state index in [0.717, 1.165) is 18.9 Å². The molecule has 0 bridgehead atoms. The molecule has 1 aromatic heterocycles. The van der Waals surface area contributed by atoms with E-state index in [4.69, 9.17) is 0 Å². The van der Waals surface area contributed by atoms with Crippen molar-refractivity contribution in [2.75, 3.05) is 38.0 Å². The van der Waals surface area contributed by atoms with E-state index in [2.05, 4.69) is 40.4 Å². The van der Waals surface area contributed by atoms with Crippen molar-refractivity contribution in [2.24, 2.45) is 0 Å². The van der Waals surface area contributed by atoms with Gasteiger partial charge in [0, 0.05) is 31.9 Å². The molecule has 4 heteroatoms. The Bertz CT molecular complexity index is 400. The monoisotopic (exact) mass is 290 g/mol. The maximum absolute atomic E-state index is 4.35. The van der Waals surface area contributed by atoms with Gasteiger partial charge >= 0.3 is 0 Å². The molecule has 0 aliphatic carbocycles. The van der Waals surface area contributed by atoms with Gasteiger partial charge in [-0.25, -0.2) is 4.98 Å². The zero-order valence-electron chi connectivity index (χ0n) is 13.6. The van der Waals surface area contributed by atoms with Gasteiger partial charge in [-0.05, 0) is 51.4 Å². The molecule has 0 saturated carbocycles. The van der Waals surface area contributed by atoms with Crippen LogP contribution in [0.1, 0.15) is 38.2 Å². The number of nitrogens with zero attached hydrogens (tertiary/aromatic N) is 2. The second-order valence-corrected chi connectivity index (χ2v) is 6.17. The van der Waals surface area contributed by atoms with Crippen molar-refractivity contribution >= 4 is 5.82 Å². The van der Waals surface area contributed by atoms with Crippen LogP contribution in [0.15, 0.2) is 18.3 Å². The molecule has 2 rings (SSSR count). The normalized spacial score (nSPS) is 18.2. The Balaban J connectivity index is 1.60. The fourth-order valence-electron chi connectivity index (χ4n) is 2.94.